The van der Waals surface area contributed by atoms with Gasteiger partial charge in [0.05, 0.1) is 24.8 Å². The molecule has 1 amide bonds. The van der Waals surface area contributed by atoms with E-state index in [2.05, 4.69) is 0 Å². The van der Waals surface area contributed by atoms with Gasteiger partial charge in [0.25, 0.3) is 11.6 Å². The van der Waals surface area contributed by atoms with E-state index in [0.717, 1.165) is 5.56 Å². The molecular weight excluding hydrogens is 312 g/mol. The lowest BCUT2D eigenvalue weighted by atomic mass is 10.1. The second-order valence-corrected chi connectivity index (χ2v) is 5.38. The van der Waals surface area contributed by atoms with Crippen LogP contribution in [-0.4, -0.2) is 31.6 Å². The molecule has 0 spiro atoms. The molecule has 0 radical (unpaired) electrons. The Hall–Kier alpha value is -3.09. The van der Waals surface area contributed by atoms with Gasteiger partial charge < -0.3 is 14.4 Å². The molecule has 0 fully saturated rings. The highest BCUT2D eigenvalue weighted by Crippen LogP contribution is 2.33. The number of non-ortho nitro benzene ring substituents is 1. The summed E-state index contributed by atoms with van der Waals surface area (Å²) < 4.78 is 10.4. The maximum absolute atomic E-state index is 12.9. The van der Waals surface area contributed by atoms with Gasteiger partial charge in [-0.2, -0.15) is 0 Å². The average Bonchev–Trinajstić information content (AvgIpc) is 3.03. The minimum atomic E-state index is -0.462. The maximum Gasteiger partial charge on any atom is 0.271 e. The van der Waals surface area contributed by atoms with E-state index < -0.39 is 4.92 Å². The van der Waals surface area contributed by atoms with Crippen molar-refractivity contribution in [1.29, 1.82) is 0 Å². The Morgan fingerprint density at radius 2 is 1.79 bits per heavy atom. The van der Waals surface area contributed by atoms with Crippen LogP contribution in [0.4, 0.5) is 11.4 Å². The van der Waals surface area contributed by atoms with E-state index in [0.29, 0.717) is 35.7 Å². The molecule has 1 aliphatic heterocycles. The SMILES string of the molecule is COc1cc(OC)cc(C(=O)N2CCc3ccc([N+](=O)[O-])cc32)c1. The first-order valence-electron chi connectivity index (χ1n) is 7.35. The summed E-state index contributed by atoms with van der Waals surface area (Å²) in [6.45, 7) is 0.481. The fourth-order valence-corrected chi connectivity index (χ4v) is 2.78. The van der Waals surface area contributed by atoms with E-state index in [1.165, 1.54) is 26.4 Å². The lowest BCUT2D eigenvalue weighted by Crippen LogP contribution is -2.29. The van der Waals surface area contributed by atoms with Crippen molar-refractivity contribution in [1.82, 2.24) is 0 Å². The number of fused-ring (bicyclic) bond motifs is 1. The number of nitro benzene ring substituents is 1. The van der Waals surface area contributed by atoms with Gasteiger partial charge in [0.1, 0.15) is 11.5 Å². The number of rotatable bonds is 4. The van der Waals surface area contributed by atoms with Crippen LogP contribution >= 0.6 is 0 Å². The standard InChI is InChI=1S/C17H16N2O5/c1-23-14-7-12(8-15(10-14)24-2)17(20)18-6-5-11-3-4-13(19(21)22)9-16(11)18/h3-4,7-10H,5-6H2,1-2H3. The van der Waals surface area contributed by atoms with Gasteiger partial charge in [-0.15, -0.1) is 0 Å². The normalized spacial score (nSPS) is 12.7. The van der Waals surface area contributed by atoms with Gasteiger partial charge in [-0.05, 0) is 24.1 Å². The van der Waals surface area contributed by atoms with Crippen molar-refractivity contribution in [3.8, 4) is 11.5 Å². The van der Waals surface area contributed by atoms with Crippen LogP contribution < -0.4 is 14.4 Å². The smallest absolute Gasteiger partial charge is 0.271 e. The summed E-state index contributed by atoms with van der Waals surface area (Å²) in [6.07, 6.45) is 0.667. The Balaban J connectivity index is 1.99. The summed E-state index contributed by atoms with van der Waals surface area (Å²) in [5, 5.41) is 11.0. The van der Waals surface area contributed by atoms with Gasteiger partial charge in [0.2, 0.25) is 0 Å². The Morgan fingerprint density at radius 1 is 1.12 bits per heavy atom. The third-order valence-corrected chi connectivity index (χ3v) is 4.02. The molecule has 7 heteroatoms. The molecule has 0 saturated heterocycles. The van der Waals surface area contributed by atoms with Crippen LogP contribution in [0.2, 0.25) is 0 Å². The van der Waals surface area contributed by atoms with Crippen LogP contribution in [0.3, 0.4) is 0 Å². The summed E-state index contributed by atoms with van der Waals surface area (Å²) in [7, 11) is 3.02. The molecule has 0 aromatic heterocycles. The summed E-state index contributed by atoms with van der Waals surface area (Å²) in [6, 6.07) is 9.53. The van der Waals surface area contributed by atoms with Crippen molar-refractivity contribution >= 4 is 17.3 Å². The summed E-state index contributed by atoms with van der Waals surface area (Å²) >= 11 is 0. The topological polar surface area (TPSA) is 81.9 Å². The Kier molecular flexibility index (Phi) is 4.07. The zero-order chi connectivity index (χ0) is 17.3. The number of carbonyl (C=O) groups excluding carboxylic acids is 1. The van der Waals surface area contributed by atoms with E-state index in [4.69, 9.17) is 9.47 Å². The highest BCUT2D eigenvalue weighted by Gasteiger charge is 2.28. The number of hydrogen-bond donors (Lipinski definition) is 0. The first-order valence-corrected chi connectivity index (χ1v) is 7.35. The van der Waals surface area contributed by atoms with Crippen LogP contribution in [0, 0.1) is 10.1 Å². The molecule has 0 N–H and O–H groups in total. The summed E-state index contributed by atoms with van der Waals surface area (Å²) in [5.74, 6) is 0.777. The molecule has 0 bridgehead atoms. The monoisotopic (exact) mass is 328 g/mol. The van der Waals surface area contributed by atoms with Crippen LogP contribution in [0.1, 0.15) is 15.9 Å². The fourth-order valence-electron chi connectivity index (χ4n) is 2.78. The summed E-state index contributed by atoms with van der Waals surface area (Å²) in [4.78, 5) is 24.9. The minimum absolute atomic E-state index is 0.0309. The molecule has 2 aromatic rings. The van der Waals surface area contributed by atoms with Gasteiger partial charge in [0, 0.05) is 30.3 Å². The molecule has 7 nitrogen and oxygen atoms in total. The number of amides is 1. The first kappa shape index (κ1) is 15.8. The lowest BCUT2D eigenvalue weighted by Gasteiger charge is -2.18. The predicted octanol–water partition coefficient (Wildman–Crippen LogP) is 2.81. The molecule has 24 heavy (non-hydrogen) atoms. The van der Waals surface area contributed by atoms with E-state index >= 15 is 0 Å². The number of nitrogens with zero attached hydrogens (tertiary/aromatic N) is 2. The molecule has 1 heterocycles. The van der Waals surface area contributed by atoms with Crippen LogP contribution in [-0.2, 0) is 6.42 Å². The molecule has 1 aliphatic rings. The molecule has 124 valence electrons. The molecule has 0 unspecified atom stereocenters. The predicted molar refractivity (Wildman–Crippen MR) is 88.0 cm³/mol. The van der Waals surface area contributed by atoms with Crippen molar-refractivity contribution < 1.29 is 19.2 Å². The number of hydrogen-bond acceptors (Lipinski definition) is 5. The van der Waals surface area contributed by atoms with E-state index in [-0.39, 0.29) is 11.6 Å². The number of anilines is 1. The molecule has 0 aliphatic carbocycles. The maximum atomic E-state index is 12.9. The largest absolute Gasteiger partial charge is 0.497 e. The van der Waals surface area contributed by atoms with Gasteiger partial charge in [-0.25, -0.2) is 0 Å². The van der Waals surface area contributed by atoms with Gasteiger partial charge in [0.15, 0.2) is 0 Å². The summed E-state index contributed by atoms with van der Waals surface area (Å²) in [5.41, 5.74) is 1.88. The Bertz CT molecular complexity index is 796. The number of methoxy groups -OCH3 is 2. The second kappa shape index (κ2) is 6.19. The highest BCUT2D eigenvalue weighted by atomic mass is 16.6. The fraction of sp³-hybridized carbons (Fsp3) is 0.235. The van der Waals surface area contributed by atoms with E-state index in [1.54, 1.807) is 29.2 Å². The number of carbonyl (C=O) groups is 1. The van der Waals surface area contributed by atoms with Crippen molar-refractivity contribution in [3.63, 3.8) is 0 Å². The Morgan fingerprint density at radius 3 is 2.38 bits per heavy atom. The van der Waals surface area contributed by atoms with Gasteiger partial charge >= 0.3 is 0 Å². The van der Waals surface area contributed by atoms with Gasteiger partial charge in [-0.1, -0.05) is 6.07 Å². The number of nitro groups is 1. The van der Waals surface area contributed by atoms with Crippen LogP contribution in [0.15, 0.2) is 36.4 Å². The first-order chi connectivity index (χ1) is 11.5. The number of ether oxygens (including phenoxy) is 2. The third kappa shape index (κ3) is 2.76. The second-order valence-electron chi connectivity index (χ2n) is 5.38. The van der Waals surface area contributed by atoms with E-state index in [9.17, 15) is 14.9 Å². The molecule has 0 atom stereocenters. The van der Waals surface area contributed by atoms with Crippen molar-refractivity contribution in [2.24, 2.45) is 0 Å². The quantitative estimate of drug-likeness (QED) is 0.637. The van der Waals surface area contributed by atoms with E-state index in [1.807, 2.05) is 0 Å². The van der Waals surface area contributed by atoms with Crippen molar-refractivity contribution in [2.45, 2.75) is 6.42 Å². The average molecular weight is 328 g/mol. The highest BCUT2D eigenvalue weighted by molar-refractivity contribution is 6.08. The molecule has 3 rings (SSSR count). The molecule has 0 saturated carbocycles. The van der Waals surface area contributed by atoms with Crippen molar-refractivity contribution in [2.75, 3.05) is 25.7 Å². The molecular formula is C17H16N2O5. The Labute approximate surface area is 138 Å². The number of benzene rings is 2. The van der Waals surface area contributed by atoms with Crippen LogP contribution in [0.25, 0.3) is 0 Å². The third-order valence-electron chi connectivity index (χ3n) is 4.02. The van der Waals surface area contributed by atoms with Crippen LogP contribution in [0.5, 0.6) is 11.5 Å². The zero-order valence-corrected chi connectivity index (χ0v) is 13.3. The minimum Gasteiger partial charge on any atom is -0.497 e. The van der Waals surface area contributed by atoms with Crippen molar-refractivity contribution in [3.05, 3.63) is 57.6 Å². The zero-order valence-electron chi connectivity index (χ0n) is 13.3. The van der Waals surface area contributed by atoms with Gasteiger partial charge in [-0.3, -0.25) is 14.9 Å². The molecule has 2 aromatic carbocycles. The lowest BCUT2D eigenvalue weighted by molar-refractivity contribution is -0.384.